The van der Waals surface area contributed by atoms with Gasteiger partial charge in [-0.25, -0.2) is 0 Å². The number of piperazine rings is 1. The molecule has 1 N–H and O–H groups in total. The molecule has 1 aromatic carbocycles. The van der Waals surface area contributed by atoms with E-state index in [1.165, 1.54) is 11.2 Å². The van der Waals surface area contributed by atoms with Crippen LogP contribution >= 0.6 is 0 Å². The number of carbonyl (C=O) groups excluding carboxylic acids is 2. The van der Waals surface area contributed by atoms with Gasteiger partial charge in [0.1, 0.15) is 17.2 Å². The lowest BCUT2D eigenvalue weighted by Gasteiger charge is -2.36. The highest BCUT2D eigenvalue weighted by Gasteiger charge is 2.43. The molecule has 0 atom stereocenters. The average Bonchev–Trinajstić information content (AvgIpc) is 3.37. The quantitative estimate of drug-likeness (QED) is 0.685. The summed E-state index contributed by atoms with van der Waals surface area (Å²) >= 11 is 0. The predicted molar refractivity (Wildman–Crippen MR) is 109 cm³/mol. The number of rotatable bonds is 7. The van der Waals surface area contributed by atoms with E-state index in [0.717, 1.165) is 0 Å². The second-order valence-corrected chi connectivity index (χ2v) is 7.25. The van der Waals surface area contributed by atoms with Crippen molar-refractivity contribution in [3.05, 3.63) is 59.7 Å². The molecule has 30 heavy (non-hydrogen) atoms. The molecule has 0 bridgehead atoms. The normalized spacial score (nSPS) is 17.9. The minimum atomic E-state index is -0.353. The summed E-state index contributed by atoms with van der Waals surface area (Å²) in [6.45, 7) is 3.40. The number of nitrogens with zero attached hydrogens (tertiary/aromatic N) is 3. The zero-order valence-electron chi connectivity index (χ0n) is 16.9. The topological polar surface area (TPSA) is 86.5 Å². The molecule has 8 nitrogen and oxygen atoms in total. The van der Waals surface area contributed by atoms with Crippen LogP contribution < -0.4 is 4.74 Å². The second kappa shape index (κ2) is 8.73. The van der Waals surface area contributed by atoms with Gasteiger partial charge in [0.2, 0.25) is 0 Å². The monoisotopic (exact) mass is 411 g/mol. The molecule has 2 amide bonds. The molecule has 1 saturated heterocycles. The molecular formula is C22H25N3O5. The maximum absolute atomic E-state index is 13.4. The van der Waals surface area contributed by atoms with E-state index in [4.69, 9.17) is 9.15 Å². The SMILES string of the molecule is COc1ccccc1C1=C(N2CCN(CCO)CC2)C(=O)N(Cc2ccco2)C1=O. The smallest absolute Gasteiger partial charge is 0.278 e. The Morgan fingerprint density at radius 1 is 1.03 bits per heavy atom. The lowest BCUT2D eigenvalue weighted by molar-refractivity contribution is -0.138. The van der Waals surface area contributed by atoms with Crippen LogP contribution in [-0.4, -0.2) is 78.1 Å². The van der Waals surface area contributed by atoms with Gasteiger partial charge in [-0.15, -0.1) is 0 Å². The third-order valence-electron chi connectivity index (χ3n) is 5.52. The van der Waals surface area contributed by atoms with E-state index in [0.29, 0.717) is 61.1 Å². The second-order valence-electron chi connectivity index (χ2n) is 7.25. The third-order valence-corrected chi connectivity index (χ3v) is 5.52. The van der Waals surface area contributed by atoms with E-state index < -0.39 is 0 Å². The fourth-order valence-electron chi connectivity index (χ4n) is 3.99. The van der Waals surface area contributed by atoms with Gasteiger partial charge in [0.15, 0.2) is 0 Å². The first-order valence-corrected chi connectivity index (χ1v) is 9.98. The van der Waals surface area contributed by atoms with Gasteiger partial charge in [0.05, 0.1) is 32.1 Å². The zero-order valence-corrected chi connectivity index (χ0v) is 16.9. The highest BCUT2D eigenvalue weighted by atomic mass is 16.5. The maximum atomic E-state index is 13.4. The number of amides is 2. The Morgan fingerprint density at radius 2 is 1.80 bits per heavy atom. The average molecular weight is 411 g/mol. The molecule has 0 spiro atoms. The number of aliphatic hydroxyl groups excluding tert-OH is 1. The van der Waals surface area contributed by atoms with Crippen LogP contribution in [0, 0.1) is 0 Å². The van der Waals surface area contributed by atoms with E-state index in [1.54, 1.807) is 31.4 Å². The van der Waals surface area contributed by atoms with Crippen molar-refractivity contribution in [2.24, 2.45) is 0 Å². The summed E-state index contributed by atoms with van der Waals surface area (Å²) in [5.74, 6) is 0.414. The predicted octanol–water partition coefficient (Wildman–Crippen LogP) is 1.18. The first-order chi connectivity index (χ1) is 14.6. The number of hydrogen-bond donors (Lipinski definition) is 1. The summed E-state index contributed by atoms with van der Waals surface area (Å²) in [7, 11) is 1.55. The number of aliphatic hydroxyl groups is 1. The number of carbonyl (C=O) groups is 2. The molecule has 1 fully saturated rings. The largest absolute Gasteiger partial charge is 0.496 e. The molecule has 0 aliphatic carbocycles. The van der Waals surface area contributed by atoms with Gasteiger partial charge in [-0.2, -0.15) is 0 Å². The van der Waals surface area contributed by atoms with E-state index in [9.17, 15) is 14.7 Å². The summed E-state index contributed by atoms with van der Waals surface area (Å²) in [6, 6.07) is 10.7. The lowest BCUT2D eigenvalue weighted by Crippen LogP contribution is -2.48. The van der Waals surface area contributed by atoms with E-state index in [2.05, 4.69) is 4.90 Å². The number of β-amino-alcohol motifs (C(OH)–C–C–N with tert-alkyl or cyclic N) is 1. The fraction of sp³-hybridized carbons (Fsp3) is 0.364. The van der Waals surface area contributed by atoms with Gasteiger partial charge < -0.3 is 19.2 Å². The van der Waals surface area contributed by atoms with Crippen molar-refractivity contribution in [2.75, 3.05) is 46.4 Å². The summed E-state index contributed by atoms with van der Waals surface area (Å²) in [5.41, 5.74) is 1.37. The molecule has 0 unspecified atom stereocenters. The van der Waals surface area contributed by atoms with E-state index in [-0.39, 0.29) is 25.0 Å². The van der Waals surface area contributed by atoms with Crippen LogP contribution in [0.25, 0.3) is 5.57 Å². The van der Waals surface area contributed by atoms with Gasteiger partial charge >= 0.3 is 0 Å². The zero-order chi connectivity index (χ0) is 21.1. The van der Waals surface area contributed by atoms with Crippen molar-refractivity contribution >= 4 is 17.4 Å². The first-order valence-electron chi connectivity index (χ1n) is 9.98. The molecule has 158 valence electrons. The van der Waals surface area contributed by atoms with Crippen LogP contribution in [0.3, 0.4) is 0 Å². The Labute approximate surface area is 174 Å². The third kappa shape index (κ3) is 3.71. The number of benzene rings is 1. The summed E-state index contributed by atoms with van der Waals surface area (Å²) in [4.78, 5) is 32.2. The van der Waals surface area contributed by atoms with Crippen molar-refractivity contribution in [3.63, 3.8) is 0 Å². The van der Waals surface area contributed by atoms with Gasteiger partial charge in [-0.1, -0.05) is 18.2 Å². The molecule has 1 aromatic heterocycles. The lowest BCUT2D eigenvalue weighted by atomic mass is 10.0. The Bertz CT molecular complexity index is 945. The van der Waals surface area contributed by atoms with Gasteiger partial charge in [0.25, 0.3) is 11.8 Å². The summed E-state index contributed by atoms with van der Waals surface area (Å²) < 4.78 is 10.8. The molecule has 3 heterocycles. The highest BCUT2D eigenvalue weighted by molar-refractivity contribution is 6.35. The molecule has 8 heteroatoms. The molecule has 4 rings (SSSR count). The maximum Gasteiger partial charge on any atom is 0.278 e. The van der Waals surface area contributed by atoms with Gasteiger partial charge in [-0.05, 0) is 18.2 Å². The van der Waals surface area contributed by atoms with Crippen molar-refractivity contribution in [1.82, 2.24) is 14.7 Å². The standard InChI is InChI=1S/C22H25N3O5/c1-29-18-7-3-2-6-17(18)19-20(24-10-8-23(9-11-24)12-13-26)22(28)25(21(19)27)15-16-5-4-14-30-16/h2-7,14,26H,8-13,15H2,1H3. The molecule has 2 aliphatic rings. The minimum Gasteiger partial charge on any atom is -0.496 e. The fourth-order valence-corrected chi connectivity index (χ4v) is 3.99. The molecule has 2 aliphatic heterocycles. The Balaban J connectivity index is 1.71. The molecule has 0 saturated carbocycles. The number of hydrogen-bond acceptors (Lipinski definition) is 7. The van der Waals surface area contributed by atoms with Crippen molar-refractivity contribution < 1.29 is 23.8 Å². The van der Waals surface area contributed by atoms with Crippen molar-refractivity contribution in [1.29, 1.82) is 0 Å². The number of para-hydroxylation sites is 1. The number of imide groups is 1. The molecular weight excluding hydrogens is 386 g/mol. The molecule has 2 aromatic rings. The number of ether oxygens (including phenoxy) is 1. The van der Waals surface area contributed by atoms with Crippen LogP contribution in [-0.2, 0) is 16.1 Å². The summed E-state index contributed by atoms with van der Waals surface area (Å²) in [5, 5.41) is 9.19. The highest BCUT2D eigenvalue weighted by Crippen LogP contribution is 2.37. The number of methoxy groups -OCH3 is 1. The van der Waals surface area contributed by atoms with Crippen molar-refractivity contribution in [2.45, 2.75) is 6.54 Å². The van der Waals surface area contributed by atoms with Crippen LogP contribution in [0.2, 0.25) is 0 Å². The Hall–Kier alpha value is -3.10. The van der Waals surface area contributed by atoms with Crippen LogP contribution in [0.1, 0.15) is 11.3 Å². The minimum absolute atomic E-state index is 0.0806. The Morgan fingerprint density at radius 3 is 2.47 bits per heavy atom. The summed E-state index contributed by atoms with van der Waals surface area (Å²) in [6.07, 6.45) is 1.52. The van der Waals surface area contributed by atoms with Gasteiger partial charge in [0, 0.05) is 38.3 Å². The van der Waals surface area contributed by atoms with Crippen LogP contribution in [0.15, 0.2) is 52.8 Å². The van der Waals surface area contributed by atoms with E-state index >= 15 is 0 Å². The van der Waals surface area contributed by atoms with Gasteiger partial charge in [-0.3, -0.25) is 19.4 Å². The van der Waals surface area contributed by atoms with E-state index in [1.807, 2.05) is 17.0 Å². The number of furan rings is 1. The Kier molecular flexibility index (Phi) is 5.87. The van der Waals surface area contributed by atoms with Crippen LogP contribution in [0.5, 0.6) is 5.75 Å². The molecule has 0 radical (unpaired) electrons. The van der Waals surface area contributed by atoms with Crippen LogP contribution in [0.4, 0.5) is 0 Å². The first kappa shape index (κ1) is 20.2. The van der Waals surface area contributed by atoms with Crippen molar-refractivity contribution in [3.8, 4) is 5.75 Å².